The van der Waals surface area contributed by atoms with Crippen LogP contribution < -0.4 is 15.4 Å². The zero-order valence-corrected chi connectivity index (χ0v) is 27.3. The van der Waals surface area contributed by atoms with Gasteiger partial charge in [0.1, 0.15) is 35.3 Å². The van der Waals surface area contributed by atoms with Gasteiger partial charge in [-0.15, -0.1) is 0 Å². The highest BCUT2D eigenvalue weighted by Crippen LogP contribution is 2.31. The number of hydrogen-bond acceptors (Lipinski definition) is 8. The van der Waals surface area contributed by atoms with E-state index in [1.807, 2.05) is 32.3 Å². The molecule has 1 saturated heterocycles. The molecule has 46 heavy (non-hydrogen) atoms. The topological polar surface area (TPSA) is 125 Å². The molecule has 0 saturated carbocycles. The number of imidazole rings is 1. The van der Waals surface area contributed by atoms with Crippen LogP contribution in [0, 0.1) is 11.7 Å². The maximum absolute atomic E-state index is 13.7. The number of aromatic amines is 1. The Bertz CT molecular complexity index is 1670. The van der Waals surface area contributed by atoms with Crippen LogP contribution in [0.1, 0.15) is 68.6 Å². The SMILES string of the molecule is CCC(=O)CCCCC[C@H](NC(=O)C1CN(C)C1)c1ncc(CCc2cc3c(Nc4ccc(F)c(Cl)c4)ncnc3cc2OC)[nH]1. The van der Waals surface area contributed by atoms with Crippen molar-refractivity contribution in [3.63, 3.8) is 0 Å². The molecular weight excluding hydrogens is 609 g/mol. The molecule has 0 bridgehead atoms. The number of carbonyl (C=O) groups is 2. The van der Waals surface area contributed by atoms with Crippen molar-refractivity contribution in [2.45, 2.75) is 64.3 Å². The first kappa shape index (κ1) is 33.3. The minimum atomic E-state index is -0.492. The normalized spacial score (nSPS) is 14.2. The molecule has 2 aromatic carbocycles. The van der Waals surface area contributed by atoms with Crippen LogP contribution in [0.5, 0.6) is 5.75 Å². The standard InChI is InChI=1S/C34H41ClFN7O3/c1-4-25(44)8-6-5-7-9-29(42-34(45)22-18-43(2)19-22)33-37-17-24(41-33)11-10-21-14-26-30(16-31(21)46-3)38-20-39-32(26)40-23-12-13-28(36)27(35)15-23/h12-17,20,22,29H,4-11,18-19H2,1-3H3,(H,37,41)(H,42,45)(H,38,39,40)/t29-/m0/s1. The van der Waals surface area contributed by atoms with E-state index in [0.29, 0.717) is 48.5 Å². The Morgan fingerprint density at radius 3 is 2.70 bits per heavy atom. The Morgan fingerprint density at radius 2 is 1.96 bits per heavy atom. The smallest absolute Gasteiger partial charge is 0.226 e. The van der Waals surface area contributed by atoms with Gasteiger partial charge < -0.3 is 25.3 Å². The summed E-state index contributed by atoms with van der Waals surface area (Å²) in [4.78, 5) is 43.8. The number of methoxy groups -OCH3 is 1. The van der Waals surface area contributed by atoms with Crippen molar-refractivity contribution in [1.82, 2.24) is 30.2 Å². The number of anilines is 2. The number of amides is 1. The van der Waals surface area contributed by atoms with Crippen LogP contribution >= 0.6 is 11.6 Å². The zero-order chi connectivity index (χ0) is 32.6. The number of halogens is 2. The van der Waals surface area contributed by atoms with Gasteiger partial charge in [-0.2, -0.15) is 0 Å². The maximum atomic E-state index is 13.7. The number of benzene rings is 2. The molecule has 1 aliphatic rings. The van der Waals surface area contributed by atoms with E-state index in [2.05, 4.69) is 35.5 Å². The molecule has 3 N–H and O–H groups in total. The molecule has 0 radical (unpaired) electrons. The molecule has 1 amide bonds. The molecule has 5 rings (SSSR count). The molecule has 10 nitrogen and oxygen atoms in total. The summed E-state index contributed by atoms with van der Waals surface area (Å²) >= 11 is 5.98. The molecular formula is C34H41ClFN7O3. The molecule has 1 atom stereocenters. The maximum Gasteiger partial charge on any atom is 0.226 e. The summed E-state index contributed by atoms with van der Waals surface area (Å²) in [6, 6.07) is 8.07. The van der Waals surface area contributed by atoms with E-state index in [1.165, 1.54) is 18.5 Å². The van der Waals surface area contributed by atoms with E-state index < -0.39 is 5.82 Å². The molecule has 2 aromatic heterocycles. The highest BCUT2D eigenvalue weighted by Gasteiger charge is 2.31. The summed E-state index contributed by atoms with van der Waals surface area (Å²) in [5.41, 5.74) is 3.21. The third-order valence-corrected chi connectivity index (χ3v) is 8.75. The highest BCUT2D eigenvalue weighted by molar-refractivity contribution is 6.31. The van der Waals surface area contributed by atoms with E-state index in [9.17, 15) is 14.0 Å². The fourth-order valence-corrected chi connectivity index (χ4v) is 5.91. The summed E-state index contributed by atoms with van der Waals surface area (Å²) in [6.07, 6.45) is 9.19. The number of nitrogens with one attached hydrogen (secondary N) is 3. The first-order valence-electron chi connectivity index (χ1n) is 15.8. The quantitative estimate of drug-likeness (QED) is 0.120. The van der Waals surface area contributed by atoms with Crippen LogP contribution in [0.25, 0.3) is 10.9 Å². The van der Waals surface area contributed by atoms with E-state index in [4.69, 9.17) is 16.3 Å². The van der Waals surface area contributed by atoms with Crippen LogP contribution in [0.3, 0.4) is 0 Å². The first-order valence-corrected chi connectivity index (χ1v) is 16.2. The average Bonchev–Trinajstić information content (AvgIpc) is 3.51. The predicted molar refractivity (Wildman–Crippen MR) is 177 cm³/mol. The Balaban J connectivity index is 1.28. The monoisotopic (exact) mass is 649 g/mol. The fourth-order valence-electron chi connectivity index (χ4n) is 5.73. The van der Waals surface area contributed by atoms with Crippen molar-refractivity contribution in [2.24, 2.45) is 5.92 Å². The third-order valence-electron chi connectivity index (χ3n) is 8.46. The number of Topliss-reactive ketones (excluding diaryl/α,β-unsaturated/α-hetero) is 1. The number of fused-ring (bicyclic) bond motifs is 1. The van der Waals surface area contributed by atoms with Gasteiger partial charge in [-0.25, -0.2) is 19.3 Å². The Morgan fingerprint density at radius 1 is 1.13 bits per heavy atom. The first-order chi connectivity index (χ1) is 22.2. The second kappa shape index (κ2) is 15.5. The number of rotatable bonds is 16. The van der Waals surface area contributed by atoms with Gasteiger partial charge in [-0.1, -0.05) is 31.4 Å². The fraction of sp³-hybridized carbons (Fsp3) is 0.441. The predicted octanol–water partition coefficient (Wildman–Crippen LogP) is 6.33. The lowest BCUT2D eigenvalue weighted by atomic mass is 9.98. The Kier molecular flexibility index (Phi) is 11.2. The number of likely N-dealkylation sites (tertiary alicyclic amines) is 1. The lowest BCUT2D eigenvalue weighted by molar-refractivity contribution is -0.130. The van der Waals surface area contributed by atoms with Gasteiger partial charge in [-0.3, -0.25) is 9.59 Å². The number of hydrogen-bond donors (Lipinski definition) is 3. The van der Waals surface area contributed by atoms with Crippen molar-refractivity contribution in [3.05, 3.63) is 70.8 Å². The zero-order valence-electron chi connectivity index (χ0n) is 26.5. The number of aryl methyl sites for hydroxylation is 2. The van der Waals surface area contributed by atoms with Gasteiger partial charge in [0.15, 0.2) is 0 Å². The van der Waals surface area contributed by atoms with Gasteiger partial charge in [0, 0.05) is 55.0 Å². The molecule has 12 heteroatoms. The summed E-state index contributed by atoms with van der Waals surface area (Å²) in [5.74, 6) is 1.85. The number of ketones is 1. The van der Waals surface area contributed by atoms with Crippen molar-refractivity contribution in [3.8, 4) is 5.75 Å². The molecule has 0 unspecified atom stereocenters. The minimum Gasteiger partial charge on any atom is -0.496 e. The van der Waals surface area contributed by atoms with E-state index in [-0.39, 0.29) is 28.7 Å². The van der Waals surface area contributed by atoms with Gasteiger partial charge in [0.2, 0.25) is 5.91 Å². The van der Waals surface area contributed by atoms with Crippen LogP contribution in [0.2, 0.25) is 5.02 Å². The van der Waals surface area contributed by atoms with E-state index in [0.717, 1.165) is 61.2 Å². The lowest BCUT2D eigenvalue weighted by Crippen LogP contribution is -2.52. The number of ether oxygens (including phenoxy) is 1. The summed E-state index contributed by atoms with van der Waals surface area (Å²) in [5, 5.41) is 7.26. The Labute approximate surface area is 273 Å². The largest absolute Gasteiger partial charge is 0.496 e. The van der Waals surface area contributed by atoms with E-state index in [1.54, 1.807) is 13.2 Å². The van der Waals surface area contributed by atoms with Crippen molar-refractivity contribution < 1.29 is 18.7 Å². The number of aromatic nitrogens is 4. The summed E-state index contributed by atoms with van der Waals surface area (Å²) in [6.45, 7) is 3.41. The number of H-pyrrole nitrogens is 1. The van der Waals surface area contributed by atoms with Crippen molar-refractivity contribution >= 4 is 45.7 Å². The molecule has 0 spiro atoms. The summed E-state index contributed by atoms with van der Waals surface area (Å²) < 4.78 is 19.4. The van der Waals surface area contributed by atoms with Gasteiger partial charge >= 0.3 is 0 Å². The molecule has 4 aromatic rings. The lowest BCUT2D eigenvalue weighted by Gasteiger charge is -2.35. The highest BCUT2D eigenvalue weighted by atomic mass is 35.5. The number of nitrogens with zero attached hydrogens (tertiary/aromatic N) is 4. The van der Waals surface area contributed by atoms with Gasteiger partial charge in [-0.05, 0) is 62.6 Å². The van der Waals surface area contributed by atoms with Crippen LogP contribution in [-0.2, 0) is 22.4 Å². The van der Waals surface area contributed by atoms with Crippen LogP contribution in [0.15, 0.2) is 42.9 Å². The summed E-state index contributed by atoms with van der Waals surface area (Å²) in [7, 11) is 3.64. The van der Waals surface area contributed by atoms with Crippen LogP contribution in [0.4, 0.5) is 15.9 Å². The second-order valence-corrected chi connectivity index (χ2v) is 12.3. The minimum absolute atomic E-state index is 0.00659. The number of unbranched alkanes of at least 4 members (excludes halogenated alkanes) is 2. The average molecular weight is 650 g/mol. The Hall–Kier alpha value is -4.09. The van der Waals surface area contributed by atoms with Crippen molar-refractivity contribution in [2.75, 3.05) is 32.6 Å². The van der Waals surface area contributed by atoms with Gasteiger partial charge in [0.05, 0.1) is 29.6 Å². The molecule has 1 fully saturated rings. The van der Waals surface area contributed by atoms with E-state index >= 15 is 0 Å². The number of carbonyl (C=O) groups excluding carboxylic acids is 2. The molecule has 244 valence electrons. The van der Waals surface area contributed by atoms with Crippen molar-refractivity contribution in [1.29, 1.82) is 0 Å². The molecule has 3 heterocycles. The third kappa shape index (κ3) is 8.38. The van der Waals surface area contributed by atoms with Crippen LogP contribution in [-0.4, -0.2) is 63.8 Å². The van der Waals surface area contributed by atoms with Gasteiger partial charge in [0.25, 0.3) is 0 Å². The second-order valence-electron chi connectivity index (χ2n) is 11.9. The molecule has 1 aliphatic heterocycles. The molecule has 0 aliphatic carbocycles.